The molecule has 3 aromatic carbocycles. The Bertz CT molecular complexity index is 1130. The molecule has 0 aromatic heterocycles. The summed E-state index contributed by atoms with van der Waals surface area (Å²) in [4.78, 5) is 5.00. The van der Waals surface area contributed by atoms with E-state index < -0.39 is 0 Å². The third kappa shape index (κ3) is 4.78. The summed E-state index contributed by atoms with van der Waals surface area (Å²) in [5, 5.41) is 15.6. The molecule has 3 aromatic rings. The van der Waals surface area contributed by atoms with Crippen molar-refractivity contribution in [2.75, 3.05) is 6.61 Å². The Kier molecular flexibility index (Phi) is 7.04. The molecule has 0 amide bonds. The second-order valence-electron chi connectivity index (χ2n) is 7.75. The Hall–Kier alpha value is -2.53. The standard InChI is InChI=1S/C26H26Cl2N2O2/c1-3-16-8-10-17(11-9-16)22-15-23(20-6-5-7-24(25(20)31)32-4-2)30-26(29-22)19-13-12-18(27)14-21(19)28/h5-14,23,26,30-31H,3-4,15H2,1-2H3/t23-,26-/m0/s1. The molecule has 2 atom stereocenters. The van der Waals surface area contributed by atoms with Crippen LogP contribution in [0.3, 0.4) is 0 Å². The van der Waals surface area contributed by atoms with Crippen LogP contribution in [0.25, 0.3) is 0 Å². The van der Waals surface area contributed by atoms with Crippen LogP contribution in [0.2, 0.25) is 10.0 Å². The van der Waals surface area contributed by atoms with Crippen molar-refractivity contribution in [1.82, 2.24) is 5.32 Å². The number of hydrogen-bond acceptors (Lipinski definition) is 4. The highest BCUT2D eigenvalue weighted by Crippen LogP contribution is 2.40. The first kappa shape index (κ1) is 22.7. The van der Waals surface area contributed by atoms with Crippen LogP contribution in [0.5, 0.6) is 11.5 Å². The first-order valence-corrected chi connectivity index (χ1v) is 11.6. The van der Waals surface area contributed by atoms with Crippen LogP contribution in [-0.4, -0.2) is 17.4 Å². The number of nitrogens with one attached hydrogen (secondary N) is 1. The monoisotopic (exact) mass is 468 g/mol. The molecule has 1 heterocycles. The van der Waals surface area contributed by atoms with Gasteiger partial charge in [-0.3, -0.25) is 10.3 Å². The van der Waals surface area contributed by atoms with Gasteiger partial charge in [-0.15, -0.1) is 0 Å². The second kappa shape index (κ2) is 9.95. The highest BCUT2D eigenvalue weighted by Gasteiger charge is 2.29. The zero-order valence-corrected chi connectivity index (χ0v) is 19.6. The maximum Gasteiger partial charge on any atom is 0.162 e. The summed E-state index contributed by atoms with van der Waals surface area (Å²) in [5.41, 5.74) is 4.89. The lowest BCUT2D eigenvalue weighted by molar-refractivity contribution is 0.313. The molecular formula is C26H26Cl2N2O2. The van der Waals surface area contributed by atoms with Crippen LogP contribution in [0, 0.1) is 0 Å². The summed E-state index contributed by atoms with van der Waals surface area (Å²) < 4.78 is 5.61. The van der Waals surface area contributed by atoms with Crippen molar-refractivity contribution in [3.63, 3.8) is 0 Å². The van der Waals surface area contributed by atoms with Gasteiger partial charge < -0.3 is 9.84 Å². The van der Waals surface area contributed by atoms with Crippen molar-refractivity contribution in [3.05, 3.63) is 93.0 Å². The molecule has 32 heavy (non-hydrogen) atoms. The zero-order valence-electron chi connectivity index (χ0n) is 18.1. The van der Waals surface area contributed by atoms with Gasteiger partial charge in [0.1, 0.15) is 6.17 Å². The van der Waals surface area contributed by atoms with E-state index in [0.29, 0.717) is 28.8 Å². The highest BCUT2D eigenvalue weighted by molar-refractivity contribution is 6.35. The minimum atomic E-state index is -0.380. The van der Waals surface area contributed by atoms with Gasteiger partial charge in [-0.25, -0.2) is 0 Å². The molecule has 0 radical (unpaired) electrons. The summed E-state index contributed by atoms with van der Waals surface area (Å²) in [5.74, 6) is 0.625. The Morgan fingerprint density at radius 3 is 2.50 bits per heavy atom. The van der Waals surface area contributed by atoms with E-state index in [-0.39, 0.29) is 18.0 Å². The zero-order chi connectivity index (χ0) is 22.7. The third-order valence-corrected chi connectivity index (χ3v) is 6.26. The molecule has 1 aliphatic rings. The molecule has 6 heteroatoms. The number of phenols is 1. The molecule has 166 valence electrons. The number of aromatic hydroxyl groups is 1. The average Bonchev–Trinajstić information content (AvgIpc) is 2.80. The largest absolute Gasteiger partial charge is 0.504 e. The van der Waals surface area contributed by atoms with Crippen molar-refractivity contribution >= 4 is 28.9 Å². The molecule has 0 saturated carbocycles. The molecule has 0 saturated heterocycles. The molecule has 4 rings (SSSR count). The Balaban J connectivity index is 1.77. The van der Waals surface area contributed by atoms with E-state index in [1.165, 1.54) is 5.56 Å². The summed E-state index contributed by atoms with van der Waals surface area (Å²) in [6, 6.07) is 19.3. The quantitative estimate of drug-likeness (QED) is 0.414. The van der Waals surface area contributed by atoms with Gasteiger partial charge in [0.15, 0.2) is 11.5 Å². The van der Waals surface area contributed by atoms with Crippen LogP contribution in [0.15, 0.2) is 65.7 Å². The lowest BCUT2D eigenvalue weighted by Crippen LogP contribution is -2.33. The Morgan fingerprint density at radius 1 is 1.03 bits per heavy atom. The van der Waals surface area contributed by atoms with E-state index in [4.69, 9.17) is 32.9 Å². The minimum absolute atomic E-state index is 0.149. The summed E-state index contributed by atoms with van der Waals surface area (Å²) in [7, 11) is 0. The number of para-hydroxylation sites is 1. The van der Waals surface area contributed by atoms with Crippen molar-refractivity contribution in [2.24, 2.45) is 4.99 Å². The highest BCUT2D eigenvalue weighted by atomic mass is 35.5. The van der Waals surface area contributed by atoms with Gasteiger partial charge in [-0.1, -0.05) is 72.6 Å². The number of ether oxygens (including phenoxy) is 1. The van der Waals surface area contributed by atoms with Crippen LogP contribution < -0.4 is 10.1 Å². The van der Waals surface area contributed by atoms with E-state index >= 15 is 0 Å². The summed E-state index contributed by atoms with van der Waals surface area (Å²) in [6.45, 7) is 4.52. The van der Waals surface area contributed by atoms with Crippen molar-refractivity contribution in [2.45, 2.75) is 38.9 Å². The maximum absolute atomic E-state index is 10.9. The van der Waals surface area contributed by atoms with Crippen LogP contribution in [0.4, 0.5) is 0 Å². The predicted octanol–water partition coefficient (Wildman–Crippen LogP) is 6.88. The van der Waals surface area contributed by atoms with Crippen molar-refractivity contribution in [1.29, 1.82) is 0 Å². The number of aryl methyl sites for hydroxylation is 1. The summed E-state index contributed by atoms with van der Waals surface area (Å²) >= 11 is 12.6. The second-order valence-corrected chi connectivity index (χ2v) is 8.59. The first-order chi connectivity index (χ1) is 15.5. The number of nitrogens with zero attached hydrogens (tertiary/aromatic N) is 1. The fraction of sp³-hybridized carbons (Fsp3) is 0.269. The molecule has 0 unspecified atom stereocenters. The van der Waals surface area contributed by atoms with Crippen molar-refractivity contribution in [3.8, 4) is 11.5 Å². The van der Waals surface area contributed by atoms with Crippen LogP contribution in [0.1, 0.15) is 54.7 Å². The lowest BCUT2D eigenvalue weighted by atomic mass is 9.93. The van der Waals surface area contributed by atoms with Gasteiger partial charge in [-0.2, -0.15) is 0 Å². The smallest absolute Gasteiger partial charge is 0.162 e. The number of aliphatic imine (C=N–C) groups is 1. The fourth-order valence-corrected chi connectivity index (χ4v) is 4.50. The van der Waals surface area contributed by atoms with Gasteiger partial charge in [0, 0.05) is 39.3 Å². The van der Waals surface area contributed by atoms with Gasteiger partial charge in [0.25, 0.3) is 0 Å². The molecule has 2 N–H and O–H groups in total. The van der Waals surface area contributed by atoms with E-state index in [1.54, 1.807) is 12.1 Å². The number of halogens is 2. The lowest BCUT2D eigenvalue weighted by Gasteiger charge is -2.31. The molecule has 0 fully saturated rings. The average molecular weight is 469 g/mol. The van der Waals surface area contributed by atoms with Crippen molar-refractivity contribution < 1.29 is 9.84 Å². The molecule has 0 spiro atoms. The van der Waals surface area contributed by atoms with Crippen LogP contribution >= 0.6 is 23.2 Å². The minimum Gasteiger partial charge on any atom is -0.504 e. The number of hydrogen-bond donors (Lipinski definition) is 2. The van der Waals surface area contributed by atoms with E-state index in [9.17, 15) is 5.11 Å². The first-order valence-electron chi connectivity index (χ1n) is 10.8. The van der Waals surface area contributed by atoms with E-state index in [2.05, 4.69) is 36.5 Å². The molecule has 1 aliphatic heterocycles. The predicted molar refractivity (Wildman–Crippen MR) is 131 cm³/mol. The topological polar surface area (TPSA) is 53.8 Å². The van der Waals surface area contributed by atoms with Gasteiger partial charge >= 0.3 is 0 Å². The Labute approximate surface area is 198 Å². The molecule has 0 aliphatic carbocycles. The fourth-order valence-electron chi connectivity index (χ4n) is 3.99. The van der Waals surface area contributed by atoms with E-state index in [1.807, 2.05) is 31.2 Å². The SMILES string of the molecule is CCOc1cccc([C@@H]2CC(c3ccc(CC)cc3)=N[C@H](c3ccc(Cl)cc3Cl)N2)c1O. The number of rotatable bonds is 6. The molecule has 4 nitrogen and oxygen atoms in total. The normalized spacial score (nSPS) is 18.3. The van der Waals surface area contributed by atoms with Gasteiger partial charge in [-0.05, 0) is 42.7 Å². The number of benzene rings is 3. The summed E-state index contributed by atoms with van der Waals surface area (Å²) in [6.07, 6.45) is 1.23. The van der Waals surface area contributed by atoms with Gasteiger partial charge in [0.2, 0.25) is 0 Å². The Morgan fingerprint density at radius 2 is 1.81 bits per heavy atom. The maximum atomic E-state index is 10.9. The van der Waals surface area contributed by atoms with E-state index in [0.717, 1.165) is 28.8 Å². The molecular weight excluding hydrogens is 443 g/mol. The van der Waals surface area contributed by atoms with Gasteiger partial charge in [0.05, 0.1) is 6.61 Å². The number of phenolic OH excluding ortho intramolecular Hbond substituents is 1. The van der Waals surface area contributed by atoms with Crippen LogP contribution in [-0.2, 0) is 6.42 Å². The third-order valence-electron chi connectivity index (χ3n) is 5.70. The molecule has 0 bridgehead atoms.